The fraction of sp³-hybridized carbons (Fsp3) is 0.0769. The van der Waals surface area contributed by atoms with Crippen LogP contribution in [0.3, 0.4) is 0 Å². The van der Waals surface area contributed by atoms with Gasteiger partial charge in [-0.15, -0.1) is 0 Å². The Morgan fingerprint density at radius 2 is 1.80 bits per heavy atom. The Bertz CT molecular complexity index is 446. The zero-order valence-corrected chi connectivity index (χ0v) is 8.40. The Kier molecular flexibility index (Phi) is 2.70. The molecule has 0 atom stereocenters. The molecule has 0 unspecified atom stereocenters. The second kappa shape index (κ2) is 4.15. The maximum atomic E-state index is 5.87. The molecule has 2 rings (SSSR count). The molecule has 0 aliphatic heterocycles. The van der Waals surface area contributed by atoms with Gasteiger partial charge in [-0.3, -0.25) is 0 Å². The molecular formula is C13H13N2. The van der Waals surface area contributed by atoms with Crippen molar-refractivity contribution in [2.24, 2.45) is 5.73 Å². The van der Waals surface area contributed by atoms with E-state index in [4.69, 9.17) is 11.5 Å². The third-order valence-electron chi connectivity index (χ3n) is 2.40. The molecule has 0 aromatic heterocycles. The minimum absolute atomic E-state index is 0.568. The Hall–Kier alpha value is -1.80. The van der Waals surface area contributed by atoms with Crippen molar-refractivity contribution in [3.63, 3.8) is 0 Å². The van der Waals surface area contributed by atoms with Gasteiger partial charge in [0.25, 0.3) is 0 Å². The van der Waals surface area contributed by atoms with Gasteiger partial charge >= 0.3 is 0 Å². The summed E-state index contributed by atoms with van der Waals surface area (Å²) in [5, 5.41) is 0. The van der Waals surface area contributed by atoms with Crippen LogP contribution >= 0.6 is 0 Å². The molecular weight excluding hydrogens is 184 g/mol. The van der Waals surface area contributed by atoms with Crippen LogP contribution in [-0.2, 0) is 6.54 Å². The summed E-state index contributed by atoms with van der Waals surface area (Å²) in [5.74, 6) is 0. The van der Waals surface area contributed by atoms with Crippen LogP contribution < -0.4 is 11.5 Å². The van der Waals surface area contributed by atoms with E-state index in [0.717, 1.165) is 22.4 Å². The Balaban J connectivity index is 2.42. The van der Waals surface area contributed by atoms with E-state index in [2.05, 4.69) is 6.07 Å². The molecule has 0 saturated carbocycles. The molecule has 0 heterocycles. The number of hydrogen-bond acceptors (Lipinski definition) is 2. The molecule has 0 saturated heterocycles. The minimum atomic E-state index is 0.568. The molecule has 0 bridgehead atoms. The number of anilines is 1. The Labute approximate surface area is 89.5 Å². The first-order valence-corrected chi connectivity index (χ1v) is 4.86. The zero-order valence-electron chi connectivity index (χ0n) is 8.40. The first kappa shape index (κ1) is 9.74. The highest BCUT2D eigenvalue weighted by Gasteiger charge is 2.00. The fourth-order valence-corrected chi connectivity index (χ4v) is 1.53. The lowest BCUT2D eigenvalue weighted by Crippen LogP contribution is -1.95. The van der Waals surface area contributed by atoms with Crippen molar-refractivity contribution in [1.82, 2.24) is 0 Å². The molecule has 2 aromatic carbocycles. The molecule has 2 heteroatoms. The number of hydrogen-bond donors (Lipinski definition) is 2. The van der Waals surface area contributed by atoms with Crippen LogP contribution in [0.5, 0.6) is 0 Å². The fourth-order valence-electron chi connectivity index (χ4n) is 1.53. The van der Waals surface area contributed by atoms with Crippen LogP contribution in [0.2, 0.25) is 0 Å². The highest BCUT2D eigenvalue weighted by molar-refractivity contribution is 5.75. The predicted octanol–water partition coefficient (Wildman–Crippen LogP) is 2.19. The van der Waals surface area contributed by atoms with Crippen LogP contribution in [0.15, 0.2) is 42.5 Å². The first-order valence-electron chi connectivity index (χ1n) is 4.86. The average Bonchev–Trinajstić information content (AvgIpc) is 2.30. The van der Waals surface area contributed by atoms with E-state index in [1.54, 1.807) is 6.07 Å². The number of nitrogen functional groups attached to an aromatic ring is 1. The van der Waals surface area contributed by atoms with Crippen LogP contribution in [0, 0.1) is 6.07 Å². The SMILES string of the molecule is NCc1ccc(-c2cc[c]cc2N)cc1. The molecule has 2 nitrogen and oxygen atoms in total. The molecule has 4 N–H and O–H groups in total. The molecule has 1 radical (unpaired) electrons. The number of benzene rings is 2. The van der Waals surface area contributed by atoms with E-state index in [1.165, 1.54) is 0 Å². The summed E-state index contributed by atoms with van der Waals surface area (Å²) in [6.45, 7) is 0.568. The average molecular weight is 197 g/mol. The third-order valence-corrected chi connectivity index (χ3v) is 2.40. The van der Waals surface area contributed by atoms with Gasteiger partial charge in [0.15, 0.2) is 0 Å². The van der Waals surface area contributed by atoms with Gasteiger partial charge in [0.05, 0.1) is 0 Å². The Morgan fingerprint density at radius 1 is 1.07 bits per heavy atom. The van der Waals surface area contributed by atoms with Gasteiger partial charge in [0.1, 0.15) is 0 Å². The van der Waals surface area contributed by atoms with E-state index in [0.29, 0.717) is 6.54 Å². The van der Waals surface area contributed by atoms with Crippen LogP contribution in [-0.4, -0.2) is 0 Å². The summed E-state index contributed by atoms with van der Waals surface area (Å²) in [6, 6.07) is 16.7. The van der Waals surface area contributed by atoms with E-state index >= 15 is 0 Å². The molecule has 0 spiro atoms. The van der Waals surface area contributed by atoms with Crippen molar-refractivity contribution in [1.29, 1.82) is 0 Å². The monoisotopic (exact) mass is 197 g/mol. The quantitative estimate of drug-likeness (QED) is 0.725. The van der Waals surface area contributed by atoms with Gasteiger partial charge in [-0.2, -0.15) is 0 Å². The summed E-state index contributed by atoms with van der Waals surface area (Å²) >= 11 is 0. The molecule has 75 valence electrons. The van der Waals surface area contributed by atoms with Gasteiger partial charge in [-0.25, -0.2) is 0 Å². The van der Waals surface area contributed by atoms with E-state index in [-0.39, 0.29) is 0 Å². The van der Waals surface area contributed by atoms with Crippen LogP contribution in [0.4, 0.5) is 5.69 Å². The smallest absolute Gasteiger partial charge is 0.0399 e. The number of rotatable bonds is 2. The maximum absolute atomic E-state index is 5.87. The van der Waals surface area contributed by atoms with Crippen LogP contribution in [0.1, 0.15) is 5.56 Å². The lowest BCUT2D eigenvalue weighted by molar-refractivity contribution is 1.07. The summed E-state index contributed by atoms with van der Waals surface area (Å²) in [5.41, 5.74) is 15.4. The van der Waals surface area contributed by atoms with Gasteiger partial charge in [-0.1, -0.05) is 36.4 Å². The highest BCUT2D eigenvalue weighted by atomic mass is 14.6. The lowest BCUT2D eigenvalue weighted by atomic mass is 10.0. The van der Waals surface area contributed by atoms with Crippen molar-refractivity contribution >= 4 is 5.69 Å². The maximum Gasteiger partial charge on any atom is 0.0399 e. The second-order valence-electron chi connectivity index (χ2n) is 3.41. The Morgan fingerprint density at radius 3 is 2.40 bits per heavy atom. The third kappa shape index (κ3) is 2.00. The van der Waals surface area contributed by atoms with Crippen molar-refractivity contribution in [3.05, 3.63) is 54.1 Å². The first-order chi connectivity index (χ1) is 7.31. The normalized spacial score (nSPS) is 10.2. The molecule has 0 aliphatic carbocycles. The topological polar surface area (TPSA) is 52.0 Å². The van der Waals surface area contributed by atoms with E-state index < -0.39 is 0 Å². The largest absolute Gasteiger partial charge is 0.398 e. The standard InChI is InChI=1S/C13H13N2/c14-9-10-5-7-11(8-6-10)12-3-1-2-4-13(12)15/h1,3-8H,9,14-15H2. The van der Waals surface area contributed by atoms with Crippen molar-refractivity contribution in [2.45, 2.75) is 6.54 Å². The summed E-state index contributed by atoms with van der Waals surface area (Å²) in [7, 11) is 0. The lowest BCUT2D eigenvalue weighted by Gasteiger charge is -2.05. The highest BCUT2D eigenvalue weighted by Crippen LogP contribution is 2.25. The minimum Gasteiger partial charge on any atom is -0.398 e. The molecule has 0 fully saturated rings. The van der Waals surface area contributed by atoms with Crippen LogP contribution in [0.25, 0.3) is 11.1 Å². The molecule has 0 amide bonds. The van der Waals surface area contributed by atoms with Crippen molar-refractivity contribution < 1.29 is 0 Å². The second-order valence-corrected chi connectivity index (χ2v) is 3.41. The summed E-state index contributed by atoms with van der Waals surface area (Å²) in [4.78, 5) is 0. The van der Waals surface area contributed by atoms with Gasteiger partial charge < -0.3 is 11.5 Å². The predicted molar refractivity (Wildman–Crippen MR) is 63.0 cm³/mol. The van der Waals surface area contributed by atoms with Gasteiger partial charge in [-0.05, 0) is 23.3 Å². The summed E-state index contributed by atoms with van der Waals surface area (Å²) < 4.78 is 0. The van der Waals surface area contributed by atoms with Gasteiger partial charge in [0.2, 0.25) is 0 Å². The molecule has 0 aliphatic rings. The molecule has 15 heavy (non-hydrogen) atoms. The van der Waals surface area contributed by atoms with Crippen molar-refractivity contribution in [3.8, 4) is 11.1 Å². The van der Waals surface area contributed by atoms with Gasteiger partial charge in [0, 0.05) is 17.8 Å². The van der Waals surface area contributed by atoms with E-state index in [1.807, 2.05) is 36.4 Å². The molecule has 2 aromatic rings. The van der Waals surface area contributed by atoms with Crippen molar-refractivity contribution in [2.75, 3.05) is 5.73 Å². The number of nitrogens with two attached hydrogens (primary N) is 2. The zero-order chi connectivity index (χ0) is 10.7. The van der Waals surface area contributed by atoms with E-state index in [9.17, 15) is 0 Å². The summed E-state index contributed by atoms with van der Waals surface area (Å²) in [6.07, 6.45) is 0.